The second-order valence-corrected chi connectivity index (χ2v) is 4.81. The average molecular weight is 307 g/mol. The molecule has 2 N–H and O–H groups in total. The standard InChI is InChI=1S/C13H11F2N5O2/c1-6-16-13-18-12(22)10(20(13)19-6)5-11(21)17-7-2-3-8(14)9(15)4-7/h2-4,10H,5H2,1H3,(H,17,21)(H,16,18,19,22). The number of hydrogen-bond donors (Lipinski definition) is 2. The van der Waals surface area contributed by atoms with Gasteiger partial charge in [-0.05, 0) is 19.1 Å². The zero-order valence-electron chi connectivity index (χ0n) is 11.4. The Kier molecular flexibility index (Phi) is 3.32. The fourth-order valence-corrected chi connectivity index (χ4v) is 2.18. The Labute approximate surface area is 123 Å². The molecule has 114 valence electrons. The monoisotopic (exact) mass is 307 g/mol. The summed E-state index contributed by atoms with van der Waals surface area (Å²) in [5, 5.41) is 8.96. The molecule has 1 atom stereocenters. The van der Waals surface area contributed by atoms with Crippen molar-refractivity contribution in [1.29, 1.82) is 0 Å². The lowest BCUT2D eigenvalue weighted by Gasteiger charge is -2.10. The molecule has 0 aliphatic carbocycles. The fraction of sp³-hybridized carbons (Fsp3) is 0.231. The quantitative estimate of drug-likeness (QED) is 0.896. The summed E-state index contributed by atoms with van der Waals surface area (Å²) in [6.07, 6.45) is -0.194. The van der Waals surface area contributed by atoms with E-state index in [0.29, 0.717) is 5.82 Å². The van der Waals surface area contributed by atoms with Crippen molar-refractivity contribution < 1.29 is 18.4 Å². The van der Waals surface area contributed by atoms with Crippen LogP contribution in [0.25, 0.3) is 0 Å². The van der Waals surface area contributed by atoms with E-state index < -0.39 is 29.5 Å². The Hall–Kier alpha value is -2.84. The zero-order valence-corrected chi connectivity index (χ0v) is 11.4. The molecule has 1 unspecified atom stereocenters. The molecule has 0 radical (unpaired) electrons. The molecule has 1 aromatic carbocycles. The van der Waals surface area contributed by atoms with Gasteiger partial charge in [0.25, 0.3) is 5.91 Å². The highest BCUT2D eigenvalue weighted by molar-refractivity contribution is 6.00. The highest BCUT2D eigenvalue weighted by atomic mass is 19.2. The normalized spacial score (nSPS) is 16.3. The van der Waals surface area contributed by atoms with Gasteiger partial charge in [-0.2, -0.15) is 10.1 Å². The Bertz CT molecular complexity index is 774. The van der Waals surface area contributed by atoms with Gasteiger partial charge in [-0.15, -0.1) is 0 Å². The number of nitrogens with one attached hydrogen (secondary N) is 2. The Morgan fingerprint density at radius 3 is 2.91 bits per heavy atom. The lowest BCUT2D eigenvalue weighted by Crippen LogP contribution is -2.23. The molecule has 2 amide bonds. The molecule has 1 aliphatic heterocycles. The van der Waals surface area contributed by atoms with Gasteiger partial charge in [0.2, 0.25) is 11.9 Å². The minimum atomic E-state index is -1.06. The molecular formula is C13H11F2N5O2. The maximum atomic E-state index is 13.1. The van der Waals surface area contributed by atoms with Crippen LogP contribution in [-0.4, -0.2) is 26.6 Å². The van der Waals surface area contributed by atoms with Crippen LogP contribution in [0.15, 0.2) is 18.2 Å². The first-order valence-electron chi connectivity index (χ1n) is 6.43. The number of anilines is 2. The predicted octanol–water partition coefficient (Wildman–Crippen LogP) is 1.39. The molecule has 2 heterocycles. The van der Waals surface area contributed by atoms with Crippen LogP contribution in [0.2, 0.25) is 0 Å². The molecule has 1 aliphatic rings. The van der Waals surface area contributed by atoms with Crippen LogP contribution in [0.3, 0.4) is 0 Å². The van der Waals surface area contributed by atoms with Crippen molar-refractivity contribution in [2.45, 2.75) is 19.4 Å². The summed E-state index contributed by atoms with van der Waals surface area (Å²) in [5.74, 6) is -2.22. The predicted molar refractivity (Wildman–Crippen MR) is 72.0 cm³/mol. The topological polar surface area (TPSA) is 88.9 Å². The molecular weight excluding hydrogens is 296 g/mol. The first-order valence-corrected chi connectivity index (χ1v) is 6.43. The van der Waals surface area contributed by atoms with Gasteiger partial charge in [0.05, 0.1) is 6.42 Å². The molecule has 0 saturated carbocycles. The van der Waals surface area contributed by atoms with Crippen LogP contribution in [-0.2, 0) is 9.59 Å². The average Bonchev–Trinajstić information content (AvgIpc) is 2.92. The lowest BCUT2D eigenvalue weighted by atomic mass is 10.2. The van der Waals surface area contributed by atoms with Crippen LogP contribution < -0.4 is 10.6 Å². The van der Waals surface area contributed by atoms with E-state index in [1.54, 1.807) is 6.92 Å². The van der Waals surface area contributed by atoms with Crippen molar-refractivity contribution >= 4 is 23.5 Å². The number of aryl methyl sites for hydroxylation is 1. The number of amides is 2. The first kappa shape index (κ1) is 14.1. The number of rotatable bonds is 3. The van der Waals surface area contributed by atoms with Crippen molar-refractivity contribution in [2.24, 2.45) is 0 Å². The van der Waals surface area contributed by atoms with E-state index in [4.69, 9.17) is 0 Å². The summed E-state index contributed by atoms with van der Waals surface area (Å²) in [4.78, 5) is 27.7. The van der Waals surface area contributed by atoms with Crippen LogP contribution in [0.5, 0.6) is 0 Å². The van der Waals surface area contributed by atoms with Gasteiger partial charge in [0.1, 0.15) is 11.9 Å². The highest BCUT2D eigenvalue weighted by Crippen LogP contribution is 2.25. The largest absolute Gasteiger partial charge is 0.326 e. The molecule has 22 heavy (non-hydrogen) atoms. The van der Waals surface area contributed by atoms with Gasteiger partial charge in [-0.3, -0.25) is 14.9 Å². The van der Waals surface area contributed by atoms with Crippen molar-refractivity contribution in [1.82, 2.24) is 14.8 Å². The third-order valence-electron chi connectivity index (χ3n) is 3.15. The van der Waals surface area contributed by atoms with Crippen LogP contribution in [0.1, 0.15) is 18.3 Å². The SMILES string of the molecule is Cc1nc2n(n1)C(CC(=O)Nc1ccc(F)c(F)c1)C(=O)N2. The van der Waals surface area contributed by atoms with Crippen molar-refractivity contribution in [2.75, 3.05) is 10.6 Å². The molecule has 2 aromatic rings. The molecule has 0 spiro atoms. The molecule has 7 nitrogen and oxygen atoms in total. The maximum Gasteiger partial charge on any atom is 0.252 e. The minimum absolute atomic E-state index is 0.109. The van der Waals surface area contributed by atoms with E-state index in [1.165, 1.54) is 10.7 Å². The number of aromatic nitrogens is 3. The van der Waals surface area contributed by atoms with Gasteiger partial charge in [-0.1, -0.05) is 0 Å². The maximum absolute atomic E-state index is 13.1. The molecule has 0 bridgehead atoms. The van der Waals surface area contributed by atoms with Gasteiger partial charge < -0.3 is 5.32 Å². The van der Waals surface area contributed by atoms with Crippen LogP contribution in [0.4, 0.5) is 20.4 Å². The second kappa shape index (κ2) is 5.17. The number of carbonyl (C=O) groups is 2. The van der Waals surface area contributed by atoms with E-state index in [2.05, 4.69) is 20.7 Å². The van der Waals surface area contributed by atoms with Crippen molar-refractivity contribution in [3.63, 3.8) is 0 Å². The molecule has 3 rings (SSSR count). The first-order chi connectivity index (χ1) is 10.4. The van der Waals surface area contributed by atoms with E-state index in [9.17, 15) is 18.4 Å². The molecule has 9 heteroatoms. The fourth-order valence-electron chi connectivity index (χ4n) is 2.18. The third kappa shape index (κ3) is 2.52. The van der Waals surface area contributed by atoms with Gasteiger partial charge in [0, 0.05) is 11.8 Å². The van der Waals surface area contributed by atoms with Gasteiger partial charge in [-0.25, -0.2) is 13.5 Å². The smallest absolute Gasteiger partial charge is 0.252 e. The van der Waals surface area contributed by atoms with Crippen LogP contribution in [0, 0.1) is 18.6 Å². The zero-order chi connectivity index (χ0) is 15.9. The molecule has 1 aromatic heterocycles. The highest BCUT2D eigenvalue weighted by Gasteiger charge is 2.34. The molecule has 0 saturated heterocycles. The third-order valence-corrected chi connectivity index (χ3v) is 3.15. The second-order valence-electron chi connectivity index (χ2n) is 4.81. The van der Waals surface area contributed by atoms with E-state index in [1.807, 2.05) is 0 Å². The number of carbonyl (C=O) groups excluding carboxylic acids is 2. The number of fused-ring (bicyclic) bond motifs is 1. The number of benzene rings is 1. The van der Waals surface area contributed by atoms with Crippen molar-refractivity contribution in [3.05, 3.63) is 35.7 Å². The van der Waals surface area contributed by atoms with Gasteiger partial charge in [0.15, 0.2) is 11.6 Å². The lowest BCUT2D eigenvalue weighted by molar-refractivity contribution is -0.123. The van der Waals surface area contributed by atoms with E-state index in [-0.39, 0.29) is 18.1 Å². The van der Waals surface area contributed by atoms with E-state index >= 15 is 0 Å². The summed E-state index contributed by atoms with van der Waals surface area (Å²) in [6, 6.07) is 2.19. The Morgan fingerprint density at radius 2 is 2.18 bits per heavy atom. The summed E-state index contributed by atoms with van der Waals surface area (Å²) in [6.45, 7) is 1.66. The minimum Gasteiger partial charge on any atom is -0.326 e. The van der Waals surface area contributed by atoms with Crippen molar-refractivity contribution in [3.8, 4) is 0 Å². The number of hydrogen-bond acceptors (Lipinski definition) is 4. The van der Waals surface area contributed by atoms with Crippen LogP contribution >= 0.6 is 0 Å². The Balaban J connectivity index is 1.71. The van der Waals surface area contributed by atoms with Gasteiger partial charge >= 0.3 is 0 Å². The summed E-state index contributed by atoms with van der Waals surface area (Å²) in [5.41, 5.74) is 0.109. The summed E-state index contributed by atoms with van der Waals surface area (Å²) >= 11 is 0. The number of nitrogens with zero attached hydrogens (tertiary/aromatic N) is 3. The Morgan fingerprint density at radius 1 is 1.41 bits per heavy atom. The number of halogens is 2. The molecule has 0 fully saturated rings. The summed E-state index contributed by atoms with van der Waals surface area (Å²) in [7, 11) is 0. The summed E-state index contributed by atoms with van der Waals surface area (Å²) < 4.78 is 27.2. The van der Waals surface area contributed by atoms with E-state index in [0.717, 1.165) is 12.1 Å².